The van der Waals surface area contributed by atoms with Crippen LogP contribution in [0.25, 0.3) is 0 Å². The summed E-state index contributed by atoms with van der Waals surface area (Å²) < 4.78 is 18.7. The van der Waals surface area contributed by atoms with Crippen LogP contribution in [0.2, 0.25) is 0 Å². The summed E-state index contributed by atoms with van der Waals surface area (Å²) in [5, 5.41) is 2.65. The summed E-state index contributed by atoms with van der Waals surface area (Å²) in [7, 11) is 1.69. The average Bonchev–Trinajstić information content (AvgIpc) is 2.67. The van der Waals surface area contributed by atoms with Gasteiger partial charge in [0.2, 0.25) is 11.8 Å². The van der Waals surface area contributed by atoms with Crippen molar-refractivity contribution in [3.8, 4) is 5.75 Å². The highest BCUT2D eigenvalue weighted by molar-refractivity contribution is 5.96. The number of benzene rings is 2. The van der Waals surface area contributed by atoms with E-state index in [0.29, 0.717) is 30.2 Å². The van der Waals surface area contributed by atoms with Gasteiger partial charge in [0.25, 0.3) is 0 Å². The highest BCUT2D eigenvalue weighted by atomic mass is 19.1. The predicted molar refractivity (Wildman–Crippen MR) is 88.7 cm³/mol. The quantitative estimate of drug-likeness (QED) is 0.942. The van der Waals surface area contributed by atoms with Crippen LogP contribution in [0.5, 0.6) is 5.75 Å². The first-order chi connectivity index (χ1) is 11.5. The van der Waals surface area contributed by atoms with Gasteiger partial charge in [-0.05, 0) is 35.9 Å². The van der Waals surface area contributed by atoms with E-state index < -0.39 is 5.82 Å². The molecule has 24 heavy (non-hydrogen) atoms. The maximum atomic E-state index is 13.1. The van der Waals surface area contributed by atoms with Gasteiger partial charge in [-0.15, -0.1) is 0 Å². The number of rotatable bonds is 3. The number of amides is 2. The van der Waals surface area contributed by atoms with E-state index in [0.717, 1.165) is 5.56 Å². The van der Waals surface area contributed by atoms with E-state index in [9.17, 15) is 14.0 Å². The highest BCUT2D eigenvalue weighted by Gasteiger charge is 2.20. The summed E-state index contributed by atoms with van der Waals surface area (Å²) in [5.74, 6) is -0.0769. The van der Waals surface area contributed by atoms with Crippen LogP contribution in [0.1, 0.15) is 12.0 Å². The van der Waals surface area contributed by atoms with Crippen LogP contribution in [0, 0.1) is 5.82 Å². The van der Waals surface area contributed by atoms with Crippen molar-refractivity contribution in [1.82, 2.24) is 0 Å². The number of nitrogens with one attached hydrogen (secondary N) is 1. The second-order valence-electron chi connectivity index (χ2n) is 5.59. The lowest BCUT2D eigenvalue weighted by molar-refractivity contribution is -0.118. The summed E-state index contributed by atoms with van der Waals surface area (Å²) in [6.45, 7) is 0.343. The van der Waals surface area contributed by atoms with Crippen molar-refractivity contribution in [3.63, 3.8) is 0 Å². The van der Waals surface area contributed by atoms with Gasteiger partial charge in [0.1, 0.15) is 11.6 Å². The second kappa shape index (κ2) is 6.70. The van der Waals surface area contributed by atoms with Crippen molar-refractivity contribution in [1.29, 1.82) is 0 Å². The Hall–Kier alpha value is -2.89. The lowest BCUT2D eigenvalue weighted by Crippen LogP contribution is -2.25. The smallest absolute Gasteiger partial charge is 0.230 e. The van der Waals surface area contributed by atoms with Gasteiger partial charge in [-0.2, -0.15) is 0 Å². The number of hydrogen-bond donors (Lipinski definition) is 1. The summed E-state index contributed by atoms with van der Waals surface area (Å²) in [4.78, 5) is 25.6. The maximum absolute atomic E-state index is 13.1. The second-order valence-corrected chi connectivity index (χ2v) is 5.59. The van der Waals surface area contributed by atoms with E-state index in [-0.39, 0.29) is 18.2 Å². The van der Waals surface area contributed by atoms with Crippen LogP contribution < -0.4 is 15.0 Å². The van der Waals surface area contributed by atoms with Crippen LogP contribution in [0.3, 0.4) is 0 Å². The van der Waals surface area contributed by atoms with Gasteiger partial charge >= 0.3 is 0 Å². The molecular weight excluding hydrogens is 311 g/mol. The molecule has 6 heteroatoms. The molecule has 3 rings (SSSR count). The number of hydrogen-bond acceptors (Lipinski definition) is 3. The Morgan fingerprint density at radius 3 is 2.92 bits per heavy atom. The third-order valence-electron chi connectivity index (χ3n) is 3.81. The highest BCUT2D eigenvalue weighted by Crippen LogP contribution is 2.31. The van der Waals surface area contributed by atoms with Crippen LogP contribution in [0.15, 0.2) is 42.5 Å². The first kappa shape index (κ1) is 16.0. The number of fused-ring (bicyclic) bond motifs is 1. The SMILES string of the molecule is CN1C(=O)CCOc2ccc(CC(=O)Nc3cccc(F)c3)cc21. The summed E-state index contributed by atoms with van der Waals surface area (Å²) in [6, 6.07) is 11.0. The summed E-state index contributed by atoms with van der Waals surface area (Å²) in [5.41, 5.74) is 1.80. The van der Waals surface area contributed by atoms with Crippen LogP contribution in [0.4, 0.5) is 15.8 Å². The average molecular weight is 328 g/mol. The fourth-order valence-electron chi connectivity index (χ4n) is 2.56. The van der Waals surface area contributed by atoms with Crippen molar-refractivity contribution in [3.05, 3.63) is 53.8 Å². The molecule has 5 nitrogen and oxygen atoms in total. The molecule has 0 fully saturated rings. The minimum Gasteiger partial charge on any atom is -0.491 e. The van der Waals surface area contributed by atoms with Gasteiger partial charge in [0.05, 0.1) is 25.1 Å². The van der Waals surface area contributed by atoms with Crippen molar-refractivity contribution in [2.24, 2.45) is 0 Å². The number of ether oxygens (including phenoxy) is 1. The molecule has 0 bridgehead atoms. The molecule has 0 unspecified atom stereocenters. The Bertz CT molecular complexity index is 792. The number of carbonyl (C=O) groups is 2. The molecule has 2 aromatic carbocycles. The van der Waals surface area contributed by atoms with Gasteiger partial charge in [0.15, 0.2) is 0 Å². The summed E-state index contributed by atoms with van der Waals surface area (Å²) in [6.07, 6.45) is 0.437. The first-order valence-electron chi connectivity index (χ1n) is 7.60. The molecule has 0 saturated heterocycles. The van der Waals surface area contributed by atoms with Gasteiger partial charge < -0.3 is 15.0 Å². The minimum absolute atomic E-state index is 0.0323. The molecule has 0 atom stereocenters. The zero-order valence-electron chi connectivity index (χ0n) is 13.2. The molecule has 124 valence electrons. The predicted octanol–water partition coefficient (Wildman–Crippen LogP) is 2.75. The topological polar surface area (TPSA) is 58.6 Å². The molecule has 0 saturated carbocycles. The fourth-order valence-corrected chi connectivity index (χ4v) is 2.56. The lowest BCUT2D eigenvalue weighted by atomic mass is 10.1. The molecule has 1 heterocycles. The van der Waals surface area contributed by atoms with E-state index in [1.165, 1.54) is 23.1 Å². The zero-order valence-corrected chi connectivity index (χ0v) is 13.2. The lowest BCUT2D eigenvalue weighted by Gasteiger charge is -2.17. The molecule has 0 spiro atoms. The van der Waals surface area contributed by atoms with Gasteiger partial charge in [0, 0.05) is 12.7 Å². The van der Waals surface area contributed by atoms with Crippen molar-refractivity contribution in [2.75, 3.05) is 23.9 Å². The Morgan fingerprint density at radius 2 is 2.12 bits per heavy atom. The van der Waals surface area contributed by atoms with E-state index in [1.54, 1.807) is 31.3 Å². The normalized spacial score (nSPS) is 13.8. The van der Waals surface area contributed by atoms with E-state index >= 15 is 0 Å². The largest absolute Gasteiger partial charge is 0.491 e. The van der Waals surface area contributed by atoms with Gasteiger partial charge in [-0.3, -0.25) is 9.59 Å². The third-order valence-corrected chi connectivity index (χ3v) is 3.81. The fraction of sp³-hybridized carbons (Fsp3) is 0.222. The zero-order chi connectivity index (χ0) is 17.1. The van der Waals surface area contributed by atoms with Crippen molar-refractivity contribution < 1.29 is 18.7 Å². The van der Waals surface area contributed by atoms with Crippen molar-refractivity contribution >= 4 is 23.2 Å². The number of anilines is 2. The van der Waals surface area contributed by atoms with Crippen LogP contribution in [-0.4, -0.2) is 25.5 Å². The Labute approximate surface area is 139 Å². The molecule has 0 radical (unpaired) electrons. The van der Waals surface area contributed by atoms with E-state index in [4.69, 9.17) is 4.74 Å². The molecule has 1 N–H and O–H groups in total. The Balaban J connectivity index is 1.75. The number of nitrogens with zero attached hydrogens (tertiary/aromatic N) is 1. The monoisotopic (exact) mass is 328 g/mol. The molecule has 0 aromatic heterocycles. The standard InChI is InChI=1S/C18H17FN2O3/c1-21-15-9-12(5-6-16(15)24-8-7-18(21)23)10-17(22)20-14-4-2-3-13(19)11-14/h2-6,9,11H,7-8,10H2,1H3,(H,20,22). The molecule has 1 aliphatic heterocycles. The number of halogens is 1. The maximum Gasteiger partial charge on any atom is 0.230 e. The minimum atomic E-state index is -0.407. The number of carbonyl (C=O) groups excluding carboxylic acids is 2. The van der Waals surface area contributed by atoms with Crippen molar-refractivity contribution in [2.45, 2.75) is 12.8 Å². The van der Waals surface area contributed by atoms with E-state index in [1.807, 2.05) is 0 Å². The van der Waals surface area contributed by atoms with Gasteiger partial charge in [-0.1, -0.05) is 12.1 Å². The molecular formula is C18H17FN2O3. The first-order valence-corrected chi connectivity index (χ1v) is 7.60. The molecule has 0 aliphatic carbocycles. The van der Waals surface area contributed by atoms with Crippen LogP contribution >= 0.6 is 0 Å². The van der Waals surface area contributed by atoms with E-state index in [2.05, 4.69) is 5.32 Å². The molecule has 2 amide bonds. The van der Waals surface area contributed by atoms with Gasteiger partial charge in [-0.25, -0.2) is 4.39 Å². The summed E-state index contributed by atoms with van der Waals surface area (Å²) >= 11 is 0. The molecule has 1 aliphatic rings. The Morgan fingerprint density at radius 1 is 1.29 bits per heavy atom. The third kappa shape index (κ3) is 3.53. The molecule has 2 aromatic rings. The van der Waals surface area contributed by atoms with Crippen LogP contribution in [-0.2, 0) is 16.0 Å². The Kier molecular flexibility index (Phi) is 4.46.